The zero-order chi connectivity index (χ0) is 12.4. The van der Waals surface area contributed by atoms with Crippen molar-refractivity contribution in [1.29, 1.82) is 0 Å². The van der Waals surface area contributed by atoms with E-state index in [-0.39, 0.29) is 6.29 Å². The van der Waals surface area contributed by atoms with Crippen LogP contribution in [0.25, 0.3) is 0 Å². The van der Waals surface area contributed by atoms with Crippen LogP contribution < -0.4 is 0 Å². The number of ether oxygens (including phenoxy) is 2. The minimum absolute atomic E-state index is 0.0640. The largest absolute Gasteiger partial charge is 0.349 e. The Morgan fingerprint density at radius 2 is 2.06 bits per heavy atom. The summed E-state index contributed by atoms with van der Waals surface area (Å²) in [6.07, 6.45) is 11.2. The lowest BCUT2D eigenvalue weighted by molar-refractivity contribution is -0.900. The van der Waals surface area contributed by atoms with Gasteiger partial charge in [0.1, 0.15) is 12.6 Å². The van der Waals surface area contributed by atoms with Gasteiger partial charge >= 0.3 is 0 Å². The van der Waals surface area contributed by atoms with Crippen molar-refractivity contribution in [2.75, 3.05) is 33.3 Å². The van der Waals surface area contributed by atoms with Gasteiger partial charge in [-0.3, -0.25) is 0 Å². The average molecular weight is 252 g/mol. The van der Waals surface area contributed by atoms with Crippen molar-refractivity contribution in [3.05, 3.63) is 12.2 Å². The van der Waals surface area contributed by atoms with Crippen molar-refractivity contribution in [2.45, 2.75) is 44.5 Å². The van der Waals surface area contributed by atoms with Crippen LogP contribution in [0.5, 0.6) is 0 Å². The molecule has 2 fully saturated rings. The SMILES string of the molecule is C[N+]1(C[C@@H]2CO[C@@H]([C@@H]3CC=CCC3)O2)CCCC1. The van der Waals surface area contributed by atoms with E-state index >= 15 is 0 Å². The molecule has 3 heteroatoms. The fourth-order valence-electron chi connectivity index (χ4n) is 3.65. The van der Waals surface area contributed by atoms with Crippen LogP contribution in [0.4, 0.5) is 0 Å². The highest BCUT2D eigenvalue weighted by molar-refractivity contribution is 4.91. The van der Waals surface area contributed by atoms with Gasteiger partial charge in [-0.2, -0.15) is 0 Å². The molecule has 18 heavy (non-hydrogen) atoms. The summed E-state index contributed by atoms with van der Waals surface area (Å²) in [5.41, 5.74) is 0. The Labute approximate surface area is 110 Å². The molecule has 0 N–H and O–H groups in total. The summed E-state index contributed by atoms with van der Waals surface area (Å²) in [5, 5.41) is 0. The van der Waals surface area contributed by atoms with E-state index in [0.29, 0.717) is 12.0 Å². The minimum Gasteiger partial charge on any atom is -0.349 e. The molecule has 0 spiro atoms. The molecule has 2 heterocycles. The molecule has 0 aromatic heterocycles. The van der Waals surface area contributed by atoms with Crippen molar-refractivity contribution in [3.63, 3.8) is 0 Å². The first-order valence-corrected chi connectivity index (χ1v) is 7.51. The number of quaternary nitrogens is 1. The Morgan fingerprint density at radius 3 is 2.78 bits per heavy atom. The molecule has 3 aliphatic rings. The van der Waals surface area contributed by atoms with Gasteiger partial charge in [-0.05, 0) is 19.3 Å². The maximum Gasteiger partial charge on any atom is 0.161 e. The first-order chi connectivity index (χ1) is 8.75. The molecule has 102 valence electrons. The Kier molecular flexibility index (Phi) is 3.73. The van der Waals surface area contributed by atoms with E-state index in [9.17, 15) is 0 Å². The third-order valence-corrected chi connectivity index (χ3v) is 4.76. The molecule has 1 aliphatic carbocycles. The zero-order valence-electron chi connectivity index (χ0n) is 11.5. The number of hydrogen-bond acceptors (Lipinski definition) is 2. The molecular formula is C15H26NO2+. The summed E-state index contributed by atoms with van der Waals surface area (Å²) in [7, 11) is 2.37. The average Bonchev–Trinajstić information content (AvgIpc) is 3.00. The van der Waals surface area contributed by atoms with E-state index in [1.54, 1.807) is 0 Å². The second-order valence-corrected chi connectivity index (χ2v) is 6.46. The van der Waals surface area contributed by atoms with Gasteiger partial charge in [-0.1, -0.05) is 12.2 Å². The van der Waals surface area contributed by atoms with E-state index in [4.69, 9.17) is 9.47 Å². The number of hydrogen-bond donors (Lipinski definition) is 0. The van der Waals surface area contributed by atoms with Crippen molar-refractivity contribution in [2.24, 2.45) is 5.92 Å². The van der Waals surface area contributed by atoms with Gasteiger partial charge in [0.25, 0.3) is 0 Å². The van der Waals surface area contributed by atoms with Crippen LogP contribution >= 0.6 is 0 Å². The summed E-state index contributed by atoms with van der Waals surface area (Å²) >= 11 is 0. The molecule has 0 aromatic rings. The highest BCUT2D eigenvalue weighted by atomic mass is 16.7. The number of rotatable bonds is 3. The molecule has 0 bridgehead atoms. The Balaban J connectivity index is 1.50. The minimum atomic E-state index is 0.0640. The second kappa shape index (κ2) is 5.32. The Hall–Kier alpha value is -0.380. The number of allylic oxidation sites excluding steroid dienone is 2. The summed E-state index contributed by atoms with van der Waals surface area (Å²) in [5.74, 6) is 0.587. The Morgan fingerprint density at radius 1 is 1.22 bits per heavy atom. The molecule has 0 saturated carbocycles. The van der Waals surface area contributed by atoms with Gasteiger partial charge in [0.15, 0.2) is 6.29 Å². The highest BCUT2D eigenvalue weighted by Gasteiger charge is 2.38. The van der Waals surface area contributed by atoms with Crippen LogP contribution in [0.3, 0.4) is 0 Å². The fraction of sp³-hybridized carbons (Fsp3) is 0.867. The fourth-order valence-corrected chi connectivity index (χ4v) is 3.65. The van der Waals surface area contributed by atoms with Gasteiger partial charge in [0.05, 0.1) is 26.7 Å². The van der Waals surface area contributed by atoms with Crippen molar-refractivity contribution < 1.29 is 14.0 Å². The molecule has 3 atom stereocenters. The first-order valence-electron chi connectivity index (χ1n) is 7.51. The quantitative estimate of drug-likeness (QED) is 0.567. The van der Waals surface area contributed by atoms with E-state index < -0.39 is 0 Å². The molecule has 2 saturated heterocycles. The van der Waals surface area contributed by atoms with Crippen LogP contribution in [-0.2, 0) is 9.47 Å². The van der Waals surface area contributed by atoms with Crippen molar-refractivity contribution in [3.8, 4) is 0 Å². The van der Waals surface area contributed by atoms with Gasteiger partial charge in [-0.15, -0.1) is 0 Å². The van der Waals surface area contributed by atoms with Crippen molar-refractivity contribution >= 4 is 0 Å². The molecule has 0 radical (unpaired) electrons. The molecule has 3 nitrogen and oxygen atoms in total. The summed E-state index contributed by atoms with van der Waals surface area (Å²) in [6, 6.07) is 0. The topological polar surface area (TPSA) is 18.5 Å². The second-order valence-electron chi connectivity index (χ2n) is 6.46. The van der Waals surface area contributed by atoms with Gasteiger partial charge < -0.3 is 14.0 Å². The highest BCUT2D eigenvalue weighted by Crippen LogP contribution is 2.30. The maximum absolute atomic E-state index is 6.16. The standard InChI is InChI=1S/C15H26NO2/c1-16(9-5-6-10-16)11-14-12-17-15(18-14)13-7-3-2-4-8-13/h2-3,13-15H,4-12H2,1H3/q+1/t13-,14-,15-/m1/s1. The zero-order valence-corrected chi connectivity index (χ0v) is 11.5. The molecule has 0 unspecified atom stereocenters. The van der Waals surface area contributed by atoms with Crippen LogP contribution in [0.15, 0.2) is 12.2 Å². The molecule has 0 aromatic carbocycles. The van der Waals surface area contributed by atoms with E-state index in [1.165, 1.54) is 43.3 Å². The predicted molar refractivity (Wildman–Crippen MR) is 71.1 cm³/mol. The van der Waals surface area contributed by atoms with E-state index in [0.717, 1.165) is 19.6 Å². The third kappa shape index (κ3) is 2.79. The Bertz CT molecular complexity index is 310. The molecule has 2 aliphatic heterocycles. The monoisotopic (exact) mass is 252 g/mol. The summed E-state index contributed by atoms with van der Waals surface area (Å²) in [6.45, 7) is 4.57. The molecular weight excluding hydrogens is 226 g/mol. The summed E-state index contributed by atoms with van der Waals surface area (Å²) < 4.78 is 13.2. The number of likely N-dealkylation sites (tertiary alicyclic amines) is 1. The third-order valence-electron chi connectivity index (χ3n) is 4.76. The van der Waals surface area contributed by atoms with Crippen molar-refractivity contribution in [1.82, 2.24) is 0 Å². The summed E-state index contributed by atoms with van der Waals surface area (Å²) in [4.78, 5) is 0. The lowest BCUT2D eigenvalue weighted by atomic mass is 9.94. The van der Waals surface area contributed by atoms with Gasteiger partial charge in [0, 0.05) is 18.8 Å². The van der Waals surface area contributed by atoms with E-state index in [1.807, 2.05) is 0 Å². The first kappa shape index (κ1) is 12.6. The normalized spacial score (nSPS) is 39.3. The number of likely N-dealkylation sites (N-methyl/N-ethyl adjacent to an activating group) is 1. The predicted octanol–water partition coefficient (Wildman–Crippen LogP) is 2.32. The lowest BCUT2D eigenvalue weighted by Gasteiger charge is -2.31. The van der Waals surface area contributed by atoms with Crippen LogP contribution in [0.2, 0.25) is 0 Å². The maximum atomic E-state index is 6.16. The smallest absolute Gasteiger partial charge is 0.161 e. The molecule has 0 amide bonds. The van der Waals surface area contributed by atoms with Gasteiger partial charge in [-0.25, -0.2) is 0 Å². The van der Waals surface area contributed by atoms with Crippen LogP contribution in [0, 0.1) is 5.92 Å². The van der Waals surface area contributed by atoms with Gasteiger partial charge in [0.2, 0.25) is 0 Å². The lowest BCUT2D eigenvalue weighted by Crippen LogP contribution is -2.47. The number of nitrogens with zero attached hydrogens (tertiary/aromatic N) is 1. The van der Waals surface area contributed by atoms with Crippen LogP contribution in [0.1, 0.15) is 32.1 Å². The van der Waals surface area contributed by atoms with Crippen LogP contribution in [-0.4, -0.2) is 50.2 Å². The van der Waals surface area contributed by atoms with E-state index in [2.05, 4.69) is 19.2 Å². The molecule has 3 rings (SSSR count).